The second-order valence-corrected chi connectivity index (χ2v) is 3.34. The number of carbonyl (C=O) groups is 1. The predicted octanol–water partition coefficient (Wildman–Crippen LogP) is 2.14. The summed E-state index contributed by atoms with van der Waals surface area (Å²) in [5, 5.41) is 8.89. The zero-order valence-corrected chi connectivity index (χ0v) is 8.30. The lowest BCUT2D eigenvalue weighted by Crippen LogP contribution is -2.07. The Morgan fingerprint density at radius 1 is 1.47 bits per heavy atom. The number of carboxylic acid groups (broad SMARTS) is 1. The fourth-order valence-corrected chi connectivity index (χ4v) is 1.48. The van der Waals surface area contributed by atoms with E-state index in [0.29, 0.717) is 6.54 Å². The van der Waals surface area contributed by atoms with E-state index in [-0.39, 0.29) is 5.69 Å². The highest BCUT2D eigenvalue weighted by atomic mass is 16.4. The molecule has 2 rings (SSSR count). The molecule has 4 nitrogen and oxygen atoms in total. The van der Waals surface area contributed by atoms with Crippen LogP contribution in [0.3, 0.4) is 0 Å². The SMILES string of the molecule is Cc1ccc(Cn2cccc2C(=O)O)o1. The maximum Gasteiger partial charge on any atom is 0.352 e. The molecule has 0 fully saturated rings. The Labute approximate surface area is 86.8 Å². The maximum absolute atomic E-state index is 10.8. The summed E-state index contributed by atoms with van der Waals surface area (Å²) in [6.07, 6.45) is 1.72. The van der Waals surface area contributed by atoms with Crippen LogP contribution in [0, 0.1) is 6.92 Å². The quantitative estimate of drug-likeness (QED) is 0.835. The fraction of sp³-hybridized carbons (Fsp3) is 0.182. The fourth-order valence-electron chi connectivity index (χ4n) is 1.48. The molecule has 4 heteroatoms. The summed E-state index contributed by atoms with van der Waals surface area (Å²) in [6.45, 7) is 2.31. The summed E-state index contributed by atoms with van der Waals surface area (Å²) >= 11 is 0. The van der Waals surface area contributed by atoms with Gasteiger partial charge in [-0.1, -0.05) is 0 Å². The first-order valence-corrected chi connectivity index (χ1v) is 4.60. The van der Waals surface area contributed by atoms with Crippen LogP contribution in [0.15, 0.2) is 34.9 Å². The molecule has 15 heavy (non-hydrogen) atoms. The summed E-state index contributed by atoms with van der Waals surface area (Å²) < 4.78 is 7.02. The number of aryl methyl sites for hydroxylation is 1. The molecule has 0 aliphatic carbocycles. The van der Waals surface area contributed by atoms with Crippen LogP contribution in [0.1, 0.15) is 22.0 Å². The normalized spacial score (nSPS) is 10.5. The number of carboxylic acids is 1. The topological polar surface area (TPSA) is 55.4 Å². The van der Waals surface area contributed by atoms with Crippen molar-refractivity contribution < 1.29 is 14.3 Å². The summed E-state index contributed by atoms with van der Waals surface area (Å²) in [4.78, 5) is 10.8. The molecule has 78 valence electrons. The molecular formula is C11H11NO3. The molecule has 0 unspecified atom stereocenters. The van der Waals surface area contributed by atoms with E-state index >= 15 is 0 Å². The average molecular weight is 205 g/mol. The minimum Gasteiger partial charge on any atom is -0.477 e. The van der Waals surface area contributed by atoms with Crippen molar-refractivity contribution in [3.8, 4) is 0 Å². The van der Waals surface area contributed by atoms with E-state index in [2.05, 4.69) is 0 Å². The van der Waals surface area contributed by atoms with Gasteiger partial charge in [0.25, 0.3) is 0 Å². The minimum atomic E-state index is -0.928. The van der Waals surface area contributed by atoms with Gasteiger partial charge >= 0.3 is 5.97 Å². The highest BCUT2D eigenvalue weighted by Crippen LogP contribution is 2.11. The zero-order valence-electron chi connectivity index (χ0n) is 8.30. The standard InChI is InChI=1S/C11H11NO3/c1-8-4-5-9(15-8)7-12-6-2-3-10(12)11(13)14/h2-6H,7H2,1H3,(H,13,14). The van der Waals surface area contributed by atoms with E-state index in [4.69, 9.17) is 9.52 Å². The van der Waals surface area contributed by atoms with Crippen LogP contribution in [-0.4, -0.2) is 15.6 Å². The van der Waals surface area contributed by atoms with Crippen LogP contribution in [0.25, 0.3) is 0 Å². The molecule has 0 saturated carbocycles. The minimum absolute atomic E-state index is 0.268. The third-order valence-corrected chi connectivity index (χ3v) is 2.17. The molecule has 0 amide bonds. The third-order valence-electron chi connectivity index (χ3n) is 2.17. The summed E-state index contributed by atoms with van der Waals surface area (Å²) in [5.41, 5.74) is 0.268. The highest BCUT2D eigenvalue weighted by Gasteiger charge is 2.09. The molecule has 0 bridgehead atoms. The van der Waals surface area contributed by atoms with Crippen LogP contribution in [-0.2, 0) is 6.54 Å². The van der Waals surface area contributed by atoms with Crippen LogP contribution in [0.5, 0.6) is 0 Å². The first-order chi connectivity index (χ1) is 7.16. The molecular weight excluding hydrogens is 194 g/mol. The summed E-state index contributed by atoms with van der Waals surface area (Å²) in [7, 11) is 0. The lowest BCUT2D eigenvalue weighted by atomic mass is 10.4. The first kappa shape index (κ1) is 9.58. The van der Waals surface area contributed by atoms with E-state index < -0.39 is 5.97 Å². The molecule has 0 aliphatic heterocycles. The van der Waals surface area contributed by atoms with E-state index in [0.717, 1.165) is 11.5 Å². The lowest BCUT2D eigenvalue weighted by molar-refractivity contribution is 0.0685. The van der Waals surface area contributed by atoms with Crippen molar-refractivity contribution in [2.45, 2.75) is 13.5 Å². The second-order valence-electron chi connectivity index (χ2n) is 3.34. The van der Waals surface area contributed by atoms with Gasteiger partial charge < -0.3 is 14.1 Å². The second kappa shape index (κ2) is 3.65. The maximum atomic E-state index is 10.8. The van der Waals surface area contributed by atoms with Gasteiger partial charge in [0.1, 0.15) is 17.2 Å². The Morgan fingerprint density at radius 2 is 2.27 bits per heavy atom. The monoisotopic (exact) mass is 205 g/mol. The van der Waals surface area contributed by atoms with Crippen molar-refractivity contribution in [1.29, 1.82) is 0 Å². The van der Waals surface area contributed by atoms with E-state index in [1.165, 1.54) is 0 Å². The van der Waals surface area contributed by atoms with Gasteiger partial charge in [0.05, 0.1) is 6.54 Å². The molecule has 0 aromatic carbocycles. The molecule has 0 aliphatic rings. The van der Waals surface area contributed by atoms with Crippen molar-refractivity contribution >= 4 is 5.97 Å². The van der Waals surface area contributed by atoms with Crippen LogP contribution >= 0.6 is 0 Å². The number of furan rings is 1. The number of rotatable bonds is 3. The molecule has 0 radical (unpaired) electrons. The smallest absolute Gasteiger partial charge is 0.352 e. The number of hydrogen-bond donors (Lipinski definition) is 1. The van der Waals surface area contributed by atoms with Gasteiger partial charge in [0, 0.05) is 6.20 Å². The van der Waals surface area contributed by atoms with Gasteiger partial charge in [0.2, 0.25) is 0 Å². The molecule has 0 saturated heterocycles. The molecule has 2 aromatic heterocycles. The number of aromatic carboxylic acids is 1. The van der Waals surface area contributed by atoms with Gasteiger partial charge in [-0.3, -0.25) is 0 Å². The van der Waals surface area contributed by atoms with E-state index in [9.17, 15) is 4.79 Å². The molecule has 0 spiro atoms. The largest absolute Gasteiger partial charge is 0.477 e. The van der Waals surface area contributed by atoms with Crippen LogP contribution < -0.4 is 0 Å². The Morgan fingerprint density at radius 3 is 2.87 bits per heavy atom. The first-order valence-electron chi connectivity index (χ1n) is 4.60. The molecule has 2 heterocycles. The van der Waals surface area contributed by atoms with Gasteiger partial charge in [-0.25, -0.2) is 4.79 Å². The van der Waals surface area contributed by atoms with Crippen LogP contribution in [0.2, 0.25) is 0 Å². The third kappa shape index (κ3) is 1.93. The Hall–Kier alpha value is -1.97. The number of hydrogen-bond acceptors (Lipinski definition) is 2. The van der Waals surface area contributed by atoms with Gasteiger partial charge in [-0.05, 0) is 31.2 Å². The Bertz CT molecular complexity index is 481. The zero-order chi connectivity index (χ0) is 10.8. The van der Waals surface area contributed by atoms with Crippen molar-refractivity contribution in [3.63, 3.8) is 0 Å². The van der Waals surface area contributed by atoms with E-state index in [1.54, 1.807) is 22.9 Å². The van der Waals surface area contributed by atoms with Crippen LogP contribution in [0.4, 0.5) is 0 Å². The van der Waals surface area contributed by atoms with Crippen molar-refractivity contribution in [2.24, 2.45) is 0 Å². The predicted molar refractivity (Wildman–Crippen MR) is 53.9 cm³/mol. The summed E-state index contributed by atoms with van der Waals surface area (Å²) in [6, 6.07) is 6.98. The Kier molecular flexibility index (Phi) is 2.33. The van der Waals surface area contributed by atoms with Crippen molar-refractivity contribution in [2.75, 3.05) is 0 Å². The van der Waals surface area contributed by atoms with Gasteiger partial charge in [-0.15, -0.1) is 0 Å². The molecule has 0 atom stereocenters. The highest BCUT2D eigenvalue weighted by molar-refractivity contribution is 5.85. The Balaban J connectivity index is 2.24. The molecule has 2 aromatic rings. The van der Waals surface area contributed by atoms with Gasteiger partial charge in [0.15, 0.2) is 0 Å². The number of nitrogens with zero attached hydrogens (tertiary/aromatic N) is 1. The average Bonchev–Trinajstić information content (AvgIpc) is 2.75. The van der Waals surface area contributed by atoms with Gasteiger partial charge in [-0.2, -0.15) is 0 Å². The van der Waals surface area contributed by atoms with Crippen molar-refractivity contribution in [1.82, 2.24) is 4.57 Å². The lowest BCUT2D eigenvalue weighted by Gasteiger charge is -2.03. The summed E-state index contributed by atoms with van der Waals surface area (Å²) in [5.74, 6) is 0.656. The number of aromatic nitrogens is 1. The van der Waals surface area contributed by atoms with E-state index in [1.807, 2.05) is 19.1 Å². The van der Waals surface area contributed by atoms with Crippen molar-refractivity contribution in [3.05, 3.63) is 47.7 Å². The molecule has 1 N–H and O–H groups in total.